The van der Waals surface area contributed by atoms with Gasteiger partial charge in [-0.1, -0.05) is 48.5 Å². The molecule has 0 radical (unpaired) electrons. The zero-order chi connectivity index (χ0) is 17.5. The number of benzene rings is 2. The van der Waals surface area contributed by atoms with Crippen LogP contribution in [-0.4, -0.2) is 31.6 Å². The van der Waals surface area contributed by atoms with E-state index in [4.69, 9.17) is 4.74 Å². The van der Waals surface area contributed by atoms with Crippen molar-refractivity contribution in [3.8, 4) is 5.75 Å². The molecule has 0 saturated carbocycles. The molecule has 1 aliphatic heterocycles. The molecule has 3 heteroatoms. The highest BCUT2D eigenvalue weighted by atomic mass is 35.5. The summed E-state index contributed by atoms with van der Waals surface area (Å²) in [5, 5.41) is 0. The first kappa shape index (κ1) is 20.5. The predicted octanol–water partition coefficient (Wildman–Crippen LogP) is 5.48. The van der Waals surface area contributed by atoms with Crippen LogP contribution in [0.1, 0.15) is 30.9 Å². The monoisotopic (exact) mass is 371 g/mol. The molecule has 1 aliphatic rings. The summed E-state index contributed by atoms with van der Waals surface area (Å²) in [5.41, 5.74) is 4.05. The summed E-state index contributed by atoms with van der Waals surface area (Å²) < 4.78 is 5.32. The number of hydrogen-bond donors (Lipinski definition) is 0. The van der Waals surface area contributed by atoms with Gasteiger partial charge in [-0.2, -0.15) is 0 Å². The van der Waals surface area contributed by atoms with E-state index in [0.29, 0.717) is 0 Å². The molecule has 0 unspecified atom stereocenters. The average molecular weight is 372 g/mol. The molecule has 3 rings (SSSR count). The molecule has 1 saturated heterocycles. The van der Waals surface area contributed by atoms with Gasteiger partial charge in [0.2, 0.25) is 0 Å². The maximum atomic E-state index is 5.32. The maximum absolute atomic E-state index is 5.32. The van der Waals surface area contributed by atoms with Crippen molar-refractivity contribution in [3.63, 3.8) is 0 Å². The predicted molar refractivity (Wildman–Crippen MR) is 113 cm³/mol. The molecule has 2 aromatic rings. The van der Waals surface area contributed by atoms with Gasteiger partial charge in [0.05, 0.1) is 7.11 Å². The molecule has 26 heavy (non-hydrogen) atoms. The molecule has 0 N–H and O–H groups in total. The van der Waals surface area contributed by atoms with Crippen LogP contribution >= 0.6 is 12.4 Å². The lowest BCUT2D eigenvalue weighted by molar-refractivity contribution is 0.200. The lowest BCUT2D eigenvalue weighted by Gasteiger charge is -2.31. The van der Waals surface area contributed by atoms with Crippen molar-refractivity contribution in [1.82, 2.24) is 4.90 Å². The number of allylic oxidation sites excluding steroid dienone is 1. The number of likely N-dealkylation sites (tertiary alicyclic amines) is 1. The molecular weight excluding hydrogens is 342 g/mol. The fourth-order valence-electron chi connectivity index (χ4n) is 3.57. The van der Waals surface area contributed by atoms with E-state index in [1.54, 1.807) is 7.11 Å². The molecule has 2 aromatic carbocycles. The minimum Gasteiger partial charge on any atom is -0.497 e. The number of nitrogens with zero attached hydrogens (tertiary/aromatic N) is 1. The molecule has 0 spiro atoms. The number of piperidine rings is 1. The van der Waals surface area contributed by atoms with Gasteiger partial charge in [-0.05, 0) is 74.0 Å². The maximum Gasteiger partial charge on any atom is 0.119 e. The Morgan fingerprint density at radius 1 is 1.08 bits per heavy atom. The first-order chi connectivity index (χ1) is 12.2. The third kappa shape index (κ3) is 5.89. The topological polar surface area (TPSA) is 12.5 Å². The van der Waals surface area contributed by atoms with Crippen LogP contribution in [0.2, 0.25) is 0 Å². The Balaban J connectivity index is 0.00000243. The summed E-state index contributed by atoms with van der Waals surface area (Å²) >= 11 is 0. The third-order valence-corrected chi connectivity index (χ3v) is 5.26. The summed E-state index contributed by atoms with van der Waals surface area (Å²) in [6, 6.07) is 19.2. The van der Waals surface area contributed by atoms with Crippen molar-refractivity contribution >= 4 is 18.0 Å². The van der Waals surface area contributed by atoms with Gasteiger partial charge >= 0.3 is 0 Å². The van der Waals surface area contributed by atoms with Crippen LogP contribution in [0.4, 0.5) is 0 Å². The van der Waals surface area contributed by atoms with E-state index in [1.165, 1.54) is 49.1 Å². The summed E-state index contributed by atoms with van der Waals surface area (Å²) in [6.45, 7) is 5.65. The lowest BCUT2D eigenvalue weighted by Crippen LogP contribution is -2.34. The SMILES string of the molecule is COc1cccc(/C(C)=C/CN2CCC(Cc3ccccc3)CC2)c1.Cl. The van der Waals surface area contributed by atoms with E-state index in [0.717, 1.165) is 18.2 Å². The van der Waals surface area contributed by atoms with Crippen LogP contribution in [0.5, 0.6) is 5.75 Å². The van der Waals surface area contributed by atoms with Crippen molar-refractivity contribution in [2.24, 2.45) is 5.92 Å². The Morgan fingerprint density at radius 2 is 1.81 bits per heavy atom. The van der Waals surface area contributed by atoms with Crippen LogP contribution in [0, 0.1) is 5.92 Å². The van der Waals surface area contributed by atoms with E-state index in [9.17, 15) is 0 Å². The minimum atomic E-state index is 0. The molecular formula is C23H30ClNO. The molecule has 1 fully saturated rings. The van der Waals surface area contributed by atoms with Gasteiger partial charge in [0.15, 0.2) is 0 Å². The summed E-state index contributed by atoms with van der Waals surface area (Å²) in [5.74, 6) is 1.76. The third-order valence-electron chi connectivity index (χ3n) is 5.26. The smallest absolute Gasteiger partial charge is 0.119 e. The van der Waals surface area contributed by atoms with E-state index in [1.807, 2.05) is 6.07 Å². The Morgan fingerprint density at radius 3 is 2.50 bits per heavy atom. The van der Waals surface area contributed by atoms with Crippen LogP contribution in [0.25, 0.3) is 5.57 Å². The first-order valence-electron chi connectivity index (χ1n) is 9.32. The second-order valence-electron chi connectivity index (χ2n) is 7.05. The Bertz CT molecular complexity index is 690. The van der Waals surface area contributed by atoms with Gasteiger partial charge in [-0.15, -0.1) is 12.4 Å². The molecule has 140 valence electrons. The second-order valence-corrected chi connectivity index (χ2v) is 7.05. The Labute approximate surface area is 164 Å². The van der Waals surface area contributed by atoms with E-state index in [2.05, 4.69) is 66.4 Å². The van der Waals surface area contributed by atoms with Gasteiger partial charge < -0.3 is 4.74 Å². The van der Waals surface area contributed by atoms with Crippen molar-refractivity contribution in [2.45, 2.75) is 26.2 Å². The van der Waals surface area contributed by atoms with Gasteiger partial charge in [-0.25, -0.2) is 0 Å². The Kier molecular flexibility index (Phi) is 8.21. The minimum absolute atomic E-state index is 0. The molecule has 0 atom stereocenters. The fourth-order valence-corrected chi connectivity index (χ4v) is 3.57. The van der Waals surface area contributed by atoms with Crippen LogP contribution < -0.4 is 4.74 Å². The quantitative estimate of drug-likeness (QED) is 0.667. The average Bonchev–Trinajstić information content (AvgIpc) is 2.68. The molecule has 1 heterocycles. The number of hydrogen-bond acceptors (Lipinski definition) is 2. The van der Waals surface area contributed by atoms with E-state index < -0.39 is 0 Å². The molecule has 0 amide bonds. The normalized spacial score (nSPS) is 16.2. The molecule has 0 bridgehead atoms. The number of ether oxygens (including phenoxy) is 1. The van der Waals surface area contributed by atoms with Crippen LogP contribution in [0.3, 0.4) is 0 Å². The standard InChI is InChI=1S/C23H29NO.ClH/c1-19(22-9-6-10-23(18-22)25-2)11-14-24-15-12-21(13-16-24)17-20-7-4-3-5-8-20;/h3-11,18,21H,12-17H2,1-2H3;1H/b19-11+;. The van der Waals surface area contributed by atoms with Gasteiger partial charge in [0, 0.05) is 6.54 Å². The summed E-state index contributed by atoms with van der Waals surface area (Å²) in [7, 11) is 1.72. The lowest BCUT2D eigenvalue weighted by atomic mass is 9.90. The first-order valence-corrected chi connectivity index (χ1v) is 9.32. The van der Waals surface area contributed by atoms with Gasteiger partial charge in [0.25, 0.3) is 0 Å². The van der Waals surface area contributed by atoms with Crippen molar-refractivity contribution in [1.29, 1.82) is 0 Å². The van der Waals surface area contributed by atoms with E-state index >= 15 is 0 Å². The van der Waals surface area contributed by atoms with Crippen molar-refractivity contribution < 1.29 is 4.74 Å². The number of rotatable bonds is 6. The van der Waals surface area contributed by atoms with E-state index in [-0.39, 0.29) is 12.4 Å². The van der Waals surface area contributed by atoms with Crippen molar-refractivity contribution in [3.05, 3.63) is 71.8 Å². The Hall–Kier alpha value is -1.77. The van der Waals surface area contributed by atoms with Gasteiger partial charge in [0.1, 0.15) is 5.75 Å². The fraction of sp³-hybridized carbons (Fsp3) is 0.391. The highest BCUT2D eigenvalue weighted by Gasteiger charge is 2.18. The van der Waals surface area contributed by atoms with Gasteiger partial charge in [-0.3, -0.25) is 4.90 Å². The summed E-state index contributed by atoms with van der Waals surface area (Å²) in [6.07, 6.45) is 6.20. The zero-order valence-electron chi connectivity index (χ0n) is 15.9. The molecule has 2 nitrogen and oxygen atoms in total. The number of methoxy groups -OCH3 is 1. The second kappa shape index (κ2) is 10.4. The summed E-state index contributed by atoms with van der Waals surface area (Å²) in [4.78, 5) is 2.57. The van der Waals surface area contributed by atoms with Crippen LogP contribution in [0.15, 0.2) is 60.7 Å². The largest absolute Gasteiger partial charge is 0.497 e. The highest BCUT2D eigenvalue weighted by molar-refractivity contribution is 5.85. The van der Waals surface area contributed by atoms with Crippen LogP contribution in [-0.2, 0) is 6.42 Å². The molecule has 0 aromatic heterocycles. The number of halogens is 1. The molecule has 0 aliphatic carbocycles. The zero-order valence-corrected chi connectivity index (χ0v) is 16.7. The van der Waals surface area contributed by atoms with Crippen molar-refractivity contribution in [2.75, 3.05) is 26.7 Å². The highest BCUT2D eigenvalue weighted by Crippen LogP contribution is 2.23.